The van der Waals surface area contributed by atoms with Crippen LogP contribution in [0.4, 0.5) is 0 Å². The number of fused-ring (bicyclic) bond motifs is 1. The van der Waals surface area contributed by atoms with Crippen molar-refractivity contribution in [1.82, 2.24) is 9.88 Å². The van der Waals surface area contributed by atoms with Gasteiger partial charge in [-0.15, -0.1) is 0 Å². The van der Waals surface area contributed by atoms with Gasteiger partial charge in [0.25, 0.3) is 0 Å². The van der Waals surface area contributed by atoms with Crippen LogP contribution in [-0.4, -0.2) is 28.5 Å². The molecule has 1 aromatic heterocycles. The van der Waals surface area contributed by atoms with E-state index in [2.05, 4.69) is 41.9 Å². The van der Waals surface area contributed by atoms with E-state index in [0.717, 1.165) is 24.0 Å². The molecule has 1 fully saturated rings. The number of benzene rings is 1. The van der Waals surface area contributed by atoms with Gasteiger partial charge in [0, 0.05) is 29.4 Å². The monoisotopic (exact) mass is 269 g/mol. The van der Waals surface area contributed by atoms with Gasteiger partial charge < -0.3 is 5.73 Å². The first kappa shape index (κ1) is 13.5. The first-order valence-electron chi connectivity index (χ1n) is 7.44. The Balaban J connectivity index is 2.01. The molecule has 20 heavy (non-hydrogen) atoms. The second-order valence-corrected chi connectivity index (χ2v) is 6.28. The van der Waals surface area contributed by atoms with Crippen LogP contribution in [0.5, 0.6) is 0 Å². The summed E-state index contributed by atoms with van der Waals surface area (Å²) in [6.45, 7) is 6.81. The molecule has 3 heteroatoms. The topological polar surface area (TPSA) is 42.1 Å². The molecular weight excluding hydrogens is 246 g/mol. The van der Waals surface area contributed by atoms with Crippen molar-refractivity contribution in [3.63, 3.8) is 0 Å². The lowest BCUT2D eigenvalue weighted by Crippen LogP contribution is -2.50. The maximum atomic E-state index is 6.64. The fraction of sp³-hybridized carbons (Fsp3) is 0.471. The maximum absolute atomic E-state index is 6.64. The lowest BCUT2D eigenvalue weighted by atomic mass is 9.86. The zero-order chi connectivity index (χ0) is 14.2. The van der Waals surface area contributed by atoms with E-state index in [1.165, 1.54) is 18.2 Å². The number of hydrogen-bond donors (Lipinski definition) is 1. The van der Waals surface area contributed by atoms with Gasteiger partial charge in [-0.2, -0.15) is 0 Å². The Hall–Kier alpha value is -1.45. The fourth-order valence-electron chi connectivity index (χ4n) is 3.26. The lowest BCUT2D eigenvalue weighted by Gasteiger charge is -2.40. The summed E-state index contributed by atoms with van der Waals surface area (Å²) in [5.41, 5.74) is 7.75. The maximum Gasteiger partial charge on any atom is 0.0498 e. The average molecular weight is 269 g/mol. The average Bonchev–Trinajstić information content (AvgIpc) is 3.01. The minimum atomic E-state index is -0.0394. The summed E-state index contributed by atoms with van der Waals surface area (Å²) >= 11 is 0. The molecule has 1 unspecified atom stereocenters. The minimum Gasteiger partial charge on any atom is -0.322 e. The van der Waals surface area contributed by atoms with Crippen LogP contribution in [0.1, 0.15) is 38.3 Å². The summed E-state index contributed by atoms with van der Waals surface area (Å²) in [7, 11) is 0. The number of pyridine rings is 1. The van der Waals surface area contributed by atoms with Crippen LogP contribution in [-0.2, 0) is 0 Å². The SMILES string of the molecule is CC(C)(C(N)c1cncc2ccccc12)N1CCCC1. The number of rotatable bonds is 3. The highest BCUT2D eigenvalue weighted by atomic mass is 15.2. The summed E-state index contributed by atoms with van der Waals surface area (Å²) in [5, 5.41) is 2.39. The number of hydrogen-bond acceptors (Lipinski definition) is 3. The van der Waals surface area contributed by atoms with Crippen LogP contribution in [0.3, 0.4) is 0 Å². The van der Waals surface area contributed by atoms with Crippen LogP contribution in [0.15, 0.2) is 36.7 Å². The van der Waals surface area contributed by atoms with Crippen LogP contribution in [0, 0.1) is 0 Å². The van der Waals surface area contributed by atoms with Crippen molar-refractivity contribution in [2.24, 2.45) is 5.73 Å². The molecule has 0 aliphatic carbocycles. The third-order valence-corrected chi connectivity index (χ3v) is 4.72. The Bertz CT molecular complexity index is 595. The fourth-order valence-corrected chi connectivity index (χ4v) is 3.26. The number of likely N-dealkylation sites (tertiary alicyclic amines) is 1. The molecule has 1 aliphatic rings. The number of nitrogens with zero attached hydrogens (tertiary/aromatic N) is 2. The predicted octanol–water partition coefficient (Wildman–Crippen LogP) is 3.11. The molecule has 0 spiro atoms. The van der Waals surface area contributed by atoms with E-state index in [0.29, 0.717) is 0 Å². The molecule has 0 radical (unpaired) electrons. The Labute approximate surface area is 120 Å². The van der Waals surface area contributed by atoms with Crippen LogP contribution in [0.25, 0.3) is 10.8 Å². The van der Waals surface area contributed by atoms with Gasteiger partial charge in [-0.05, 0) is 50.7 Å². The molecule has 1 aromatic carbocycles. The highest BCUT2D eigenvalue weighted by molar-refractivity contribution is 5.85. The summed E-state index contributed by atoms with van der Waals surface area (Å²) in [6, 6.07) is 8.33. The molecule has 1 saturated heterocycles. The van der Waals surface area contributed by atoms with Gasteiger partial charge in [0.05, 0.1) is 0 Å². The number of nitrogens with two attached hydrogens (primary N) is 1. The highest BCUT2D eigenvalue weighted by Gasteiger charge is 2.36. The van der Waals surface area contributed by atoms with E-state index in [1.54, 1.807) is 0 Å². The van der Waals surface area contributed by atoms with E-state index in [1.807, 2.05) is 18.5 Å². The van der Waals surface area contributed by atoms with Gasteiger partial charge in [0.15, 0.2) is 0 Å². The largest absolute Gasteiger partial charge is 0.322 e. The minimum absolute atomic E-state index is 0.0285. The van der Waals surface area contributed by atoms with Crippen molar-refractivity contribution in [2.75, 3.05) is 13.1 Å². The van der Waals surface area contributed by atoms with E-state index >= 15 is 0 Å². The van der Waals surface area contributed by atoms with Crippen molar-refractivity contribution in [2.45, 2.75) is 38.3 Å². The molecule has 3 rings (SSSR count). The van der Waals surface area contributed by atoms with Crippen molar-refractivity contribution < 1.29 is 0 Å². The Kier molecular flexibility index (Phi) is 3.48. The van der Waals surface area contributed by atoms with E-state index in [9.17, 15) is 0 Å². The second-order valence-electron chi connectivity index (χ2n) is 6.28. The molecule has 2 N–H and O–H groups in total. The van der Waals surface area contributed by atoms with Gasteiger partial charge in [-0.25, -0.2) is 0 Å². The molecular formula is C17H23N3. The van der Waals surface area contributed by atoms with E-state index < -0.39 is 0 Å². The van der Waals surface area contributed by atoms with E-state index in [4.69, 9.17) is 5.73 Å². The second kappa shape index (κ2) is 5.15. The first-order chi connectivity index (χ1) is 9.60. The van der Waals surface area contributed by atoms with Gasteiger partial charge in [0.1, 0.15) is 0 Å². The molecule has 0 amide bonds. The summed E-state index contributed by atoms with van der Waals surface area (Å²) in [4.78, 5) is 6.89. The van der Waals surface area contributed by atoms with E-state index in [-0.39, 0.29) is 11.6 Å². The molecule has 1 aliphatic heterocycles. The Morgan fingerprint density at radius 1 is 1.15 bits per heavy atom. The third-order valence-electron chi connectivity index (χ3n) is 4.72. The van der Waals surface area contributed by atoms with Crippen molar-refractivity contribution >= 4 is 10.8 Å². The lowest BCUT2D eigenvalue weighted by molar-refractivity contribution is 0.124. The number of aromatic nitrogens is 1. The summed E-state index contributed by atoms with van der Waals surface area (Å²) in [5.74, 6) is 0. The molecule has 0 bridgehead atoms. The third kappa shape index (κ3) is 2.21. The molecule has 106 valence electrons. The Morgan fingerprint density at radius 3 is 2.60 bits per heavy atom. The first-order valence-corrected chi connectivity index (χ1v) is 7.44. The van der Waals surface area contributed by atoms with Gasteiger partial charge in [-0.1, -0.05) is 24.3 Å². The summed E-state index contributed by atoms with van der Waals surface area (Å²) < 4.78 is 0. The van der Waals surface area contributed by atoms with Crippen molar-refractivity contribution in [1.29, 1.82) is 0 Å². The van der Waals surface area contributed by atoms with Crippen LogP contribution >= 0.6 is 0 Å². The Morgan fingerprint density at radius 2 is 1.85 bits per heavy atom. The van der Waals surface area contributed by atoms with Gasteiger partial charge >= 0.3 is 0 Å². The molecule has 2 heterocycles. The summed E-state index contributed by atoms with van der Waals surface area (Å²) in [6.07, 6.45) is 6.41. The van der Waals surface area contributed by atoms with Crippen molar-refractivity contribution in [3.8, 4) is 0 Å². The highest BCUT2D eigenvalue weighted by Crippen LogP contribution is 2.34. The molecule has 2 aromatic rings. The van der Waals surface area contributed by atoms with Gasteiger partial charge in [-0.3, -0.25) is 9.88 Å². The van der Waals surface area contributed by atoms with Gasteiger partial charge in [0.2, 0.25) is 0 Å². The molecule has 0 saturated carbocycles. The zero-order valence-corrected chi connectivity index (χ0v) is 12.3. The van der Waals surface area contributed by atoms with Crippen molar-refractivity contribution in [3.05, 3.63) is 42.2 Å². The molecule has 3 nitrogen and oxygen atoms in total. The predicted molar refractivity (Wildman–Crippen MR) is 83.6 cm³/mol. The zero-order valence-electron chi connectivity index (χ0n) is 12.3. The smallest absolute Gasteiger partial charge is 0.0498 e. The van der Waals surface area contributed by atoms with Crippen LogP contribution in [0.2, 0.25) is 0 Å². The quantitative estimate of drug-likeness (QED) is 0.931. The standard InChI is InChI=1S/C17H23N3/c1-17(2,20-9-5-6-10-20)16(18)15-12-19-11-13-7-3-4-8-14(13)15/h3-4,7-8,11-12,16H,5-6,9-10,18H2,1-2H3. The van der Waals surface area contributed by atoms with Crippen LogP contribution < -0.4 is 5.73 Å². The normalized spacial score (nSPS) is 18.6. The molecule has 1 atom stereocenters.